The molecule has 0 fully saturated rings. The zero-order valence-corrected chi connectivity index (χ0v) is 13.4. The van der Waals surface area contributed by atoms with Gasteiger partial charge in [0, 0.05) is 44.8 Å². The summed E-state index contributed by atoms with van der Waals surface area (Å²) in [6.07, 6.45) is 7.64. The summed E-state index contributed by atoms with van der Waals surface area (Å²) in [7, 11) is 1.78. The molecule has 0 aliphatic heterocycles. The molecule has 0 radical (unpaired) electrons. The van der Waals surface area contributed by atoms with Crippen LogP contribution in [0, 0.1) is 0 Å². The zero-order valence-electron chi connectivity index (χ0n) is 10.2. The van der Waals surface area contributed by atoms with E-state index in [4.69, 9.17) is 0 Å². The summed E-state index contributed by atoms with van der Waals surface area (Å²) in [6, 6.07) is 0. The molecule has 2 N–H and O–H groups in total. The van der Waals surface area contributed by atoms with Crippen LogP contribution < -0.4 is 10.6 Å². The van der Waals surface area contributed by atoms with Crippen molar-refractivity contribution in [1.82, 2.24) is 20.2 Å². The third kappa shape index (κ3) is 7.48. The first kappa shape index (κ1) is 16.6. The van der Waals surface area contributed by atoms with E-state index in [1.165, 1.54) is 0 Å². The van der Waals surface area contributed by atoms with Gasteiger partial charge in [-0.2, -0.15) is 11.8 Å². The van der Waals surface area contributed by atoms with Gasteiger partial charge in [-0.1, -0.05) is 0 Å². The van der Waals surface area contributed by atoms with E-state index in [2.05, 4.69) is 26.9 Å². The third-order valence-corrected chi connectivity index (χ3v) is 2.66. The fourth-order valence-electron chi connectivity index (χ4n) is 1.21. The van der Waals surface area contributed by atoms with Crippen LogP contribution in [0.5, 0.6) is 0 Å². The molecule has 0 saturated heterocycles. The highest BCUT2D eigenvalue weighted by Gasteiger charge is 1.95. The molecule has 17 heavy (non-hydrogen) atoms. The Bertz CT molecular complexity index is 302. The minimum atomic E-state index is 0. The van der Waals surface area contributed by atoms with Gasteiger partial charge in [0.15, 0.2) is 5.96 Å². The number of rotatable bonds is 6. The van der Waals surface area contributed by atoms with Gasteiger partial charge >= 0.3 is 0 Å². The average molecular weight is 369 g/mol. The van der Waals surface area contributed by atoms with Gasteiger partial charge in [-0.05, 0) is 6.26 Å². The molecule has 0 spiro atoms. The Morgan fingerprint density at radius 3 is 2.76 bits per heavy atom. The second-order valence-corrected chi connectivity index (χ2v) is 4.20. The predicted molar refractivity (Wildman–Crippen MR) is 85.4 cm³/mol. The minimum absolute atomic E-state index is 0. The largest absolute Gasteiger partial charge is 0.356 e. The molecule has 0 amide bonds. The molecule has 0 atom stereocenters. The van der Waals surface area contributed by atoms with Gasteiger partial charge in [0.25, 0.3) is 0 Å². The van der Waals surface area contributed by atoms with E-state index in [0.717, 1.165) is 31.3 Å². The molecule has 1 rings (SSSR count). The lowest BCUT2D eigenvalue weighted by Gasteiger charge is -2.11. The van der Waals surface area contributed by atoms with Gasteiger partial charge in [0.2, 0.25) is 0 Å². The molecule has 0 aliphatic rings. The SMILES string of the molecule is CN=C(NCCSC)NCCn1ccnc1.I. The quantitative estimate of drug-likeness (QED) is 0.340. The van der Waals surface area contributed by atoms with Crippen LogP contribution in [0.2, 0.25) is 0 Å². The van der Waals surface area contributed by atoms with Gasteiger partial charge in [0.1, 0.15) is 0 Å². The van der Waals surface area contributed by atoms with Crippen molar-refractivity contribution in [3.8, 4) is 0 Å². The highest BCUT2D eigenvalue weighted by atomic mass is 127. The second kappa shape index (κ2) is 10.7. The Hall–Kier alpha value is -0.440. The predicted octanol–water partition coefficient (Wildman–Crippen LogP) is 1.03. The van der Waals surface area contributed by atoms with Crippen molar-refractivity contribution in [1.29, 1.82) is 0 Å². The molecule has 0 saturated carbocycles. The lowest BCUT2D eigenvalue weighted by atomic mass is 10.6. The van der Waals surface area contributed by atoms with Crippen LogP contribution in [0.3, 0.4) is 0 Å². The lowest BCUT2D eigenvalue weighted by Crippen LogP contribution is -2.39. The van der Waals surface area contributed by atoms with Gasteiger partial charge < -0.3 is 15.2 Å². The summed E-state index contributed by atoms with van der Waals surface area (Å²) in [5, 5.41) is 6.49. The van der Waals surface area contributed by atoms with Gasteiger partial charge in [-0.3, -0.25) is 4.99 Å². The Kier molecular flexibility index (Phi) is 10.4. The number of hydrogen-bond acceptors (Lipinski definition) is 3. The number of thioether (sulfide) groups is 1. The first-order valence-corrected chi connectivity index (χ1v) is 6.65. The number of aliphatic imine (C=N–C) groups is 1. The number of nitrogens with zero attached hydrogens (tertiary/aromatic N) is 3. The first-order chi connectivity index (χ1) is 7.86. The molecule has 5 nitrogen and oxygen atoms in total. The molecule has 7 heteroatoms. The average Bonchev–Trinajstić information content (AvgIpc) is 2.80. The molecule has 1 heterocycles. The highest BCUT2D eigenvalue weighted by molar-refractivity contribution is 14.0. The standard InChI is InChI=1S/C10H19N5S.HI/c1-11-10(14-5-8-16-2)13-4-7-15-6-3-12-9-15;/h3,6,9H,4-5,7-8H2,1-2H3,(H2,11,13,14);1H. The van der Waals surface area contributed by atoms with Crippen LogP contribution in [0.4, 0.5) is 0 Å². The summed E-state index contributed by atoms with van der Waals surface area (Å²) in [4.78, 5) is 8.13. The van der Waals surface area contributed by atoms with E-state index in [-0.39, 0.29) is 24.0 Å². The normalized spacial score (nSPS) is 10.8. The third-order valence-electron chi connectivity index (χ3n) is 2.04. The smallest absolute Gasteiger partial charge is 0.191 e. The van der Waals surface area contributed by atoms with Gasteiger partial charge in [-0.25, -0.2) is 4.98 Å². The van der Waals surface area contributed by atoms with Crippen LogP contribution in [-0.2, 0) is 6.54 Å². The molecule has 1 aromatic rings. The molecular formula is C10H20IN5S. The van der Waals surface area contributed by atoms with Crippen LogP contribution in [0.1, 0.15) is 0 Å². The number of aromatic nitrogens is 2. The van der Waals surface area contributed by atoms with E-state index in [0.29, 0.717) is 0 Å². The van der Waals surface area contributed by atoms with Gasteiger partial charge in [0.05, 0.1) is 6.33 Å². The van der Waals surface area contributed by atoms with E-state index >= 15 is 0 Å². The Balaban J connectivity index is 0.00000256. The molecule has 98 valence electrons. The fourth-order valence-corrected chi connectivity index (χ4v) is 1.52. The number of nitrogens with one attached hydrogen (secondary N) is 2. The summed E-state index contributed by atoms with van der Waals surface area (Å²) in [6.45, 7) is 2.67. The van der Waals surface area contributed by atoms with Crippen molar-refractivity contribution in [2.24, 2.45) is 4.99 Å². The molecule has 0 unspecified atom stereocenters. The summed E-state index contributed by atoms with van der Waals surface area (Å²) < 4.78 is 2.03. The van der Waals surface area contributed by atoms with Crippen molar-refractivity contribution in [3.63, 3.8) is 0 Å². The topological polar surface area (TPSA) is 54.2 Å². The first-order valence-electron chi connectivity index (χ1n) is 5.26. The number of halogens is 1. The van der Waals surface area contributed by atoms with E-state index in [9.17, 15) is 0 Å². The minimum Gasteiger partial charge on any atom is -0.356 e. The van der Waals surface area contributed by atoms with Crippen molar-refractivity contribution in [3.05, 3.63) is 18.7 Å². The van der Waals surface area contributed by atoms with Crippen molar-refractivity contribution in [2.75, 3.05) is 32.1 Å². The maximum absolute atomic E-state index is 4.14. The Morgan fingerprint density at radius 2 is 2.18 bits per heavy atom. The summed E-state index contributed by atoms with van der Waals surface area (Å²) >= 11 is 1.82. The van der Waals surface area contributed by atoms with Crippen LogP contribution in [0.15, 0.2) is 23.7 Å². The van der Waals surface area contributed by atoms with Crippen molar-refractivity contribution >= 4 is 41.7 Å². The molecule has 0 bridgehead atoms. The fraction of sp³-hybridized carbons (Fsp3) is 0.600. The van der Waals surface area contributed by atoms with Crippen LogP contribution in [0.25, 0.3) is 0 Å². The highest BCUT2D eigenvalue weighted by Crippen LogP contribution is 1.87. The number of imidazole rings is 1. The van der Waals surface area contributed by atoms with Crippen LogP contribution in [-0.4, -0.2) is 47.7 Å². The summed E-state index contributed by atoms with van der Waals surface area (Å²) in [5.41, 5.74) is 0. The van der Waals surface area contributed by atoms with Crippen molar-refractivity contribution < 1.29 is 0 Å². The Morgan fingerprint density at radius 1 is 1.41 bits per heavy atom. The molecule has 0 aromatic carbocycles. The molecule has 1 aromatic heterocycles. The zero-order chi connectivity index (χ0) is 11.6. The maximum Gasteiger partial charge on any atom is 0.191 e. The monoisotopic (exact) mass is 369 g/mol. The van der Waals surface area contributed by atoms with E-state index in [1.54, 1.807) is 13.2 Å². The molecular weight excluding hydrogens is 349 g/mol. The second-order valence-electron chi connectivity index (χ2n) is 3.22. The number of hydrogen-bond donors (Lipinski definition) is 2. The van der Waals surface area contributed by atoms with E-state index < -0.39 is 0 Å². The summed E-state index contributed by atoms with van der Waals surface area (Å²) in [5.74, 6) is 1.94. The Labute approximate surface area is 124 Å². The van der Waals surface area contributed by atoms with Gasteiger partial charge in [-0.15, -0.1) is 24.0 Å². The van der Waals surface area contributed by atoms with E-state index in [1.807, 2.05) is 28.9 Å². The van der Waals surface area contributed by atoms with Crippen LogP contribution >= 0.6 is 35.7 Å². The lowest BCUT2D eigenvalue weighted by molar-refractivity contribution is 0.664. The molecule has 0 aliphatic carbocycles. The van der Waals surface area contributed by atoms with Crippen molar-refractivity contribution in [2.45, 2.75) is 6.54 Å². The number of guanidine groups is 1. The maximum atomic E-state index is 4.14.